The molecule has 0 aliphatic carbocycles. The Morgan fingerprint density at radius 2 is 2.08 bits per heavy atom. The lowest BCUT2D eigenvalue weighted by Gasteiger charge is -1.97. The SMILES string of the molecule is O=c1c(OO)coc2ccccc12. The summed E-state index contributed by atoms with van der Waals surface area (Å²) in [6.45, 7) is 0. The first-order chi connectivity index (χ1) is 6.33. The molecule has 1 heterocycles. The van der Waals surface area contributed by atoms with Crippen LogP contribution < -0.4 is 10.3 Å². The smallest absolute Gasteiger partial charge is 0.247 e. The van der Waals surface area contributed by atoms with Crippen LogP contribution in [-0.4, -0.2) is 5.26 Å². The number of hydrogen-bond acceptors (Lipinski definition) is 4. The van der Waals surface area contributed by atoms with Crippen molar-refractivity contribution in [3.05, 3.63) is 40.8 Å². The first-order valence-electron chi connectivity index (χ1n) is 3.65. The molecule has 66 valence electrons. The molecule has 0 bridgehead atoms. The number of hydrogen-bond donors (Lipinski definition) is 1. The monoisotopic (exact) mass is 178 g/mol. The Kier molecular flexibility index (Phi) is 1.75. The van der Waals surface area contributed by atoms with E-state index < -0.39 is 0 Å². The molecule has 1 aromatic carbocycles. The first kappa shape index (κ1) is 7.82. The molecule has 0 saturated carbocycles. The molecule has 0 aliphatic heterocycles. The summed E-state index contributed by atoms with van der Waals surface area (Å²) in [5.41, 5.74) is 0.0812. The molecular formula is C9H6O4. The quantitative estimate of drug-likeness (QED) is 0.532. The van der Waals surface area contributed by atoms with E-state index in [1.807, 2.05) is 0 Å². The maximum Gasteiger partial charge on any atom is 0.247 e. The van der Waals surface area contributed by atoms with Gasteiger partial charge in [0.15, 0.2) is 0 Å². The Hall–Kier alpha value is -1.81. The summed E-state index contributed by atoms with van der Waals surface area (Å²) >= 11 is 0. The minimum Gasteiger partial charge on any atom is -0.460 e. The second kappa shape index (κ2) is 2.91. The van der Waals surface area contributed by atoms with Gasteiger partial charge in [0.2, 0.25) is 11.2 Å². The van der Waals surface area contributed by atoms with E-state index in [2.05, 4.69) is 4.89 Å². The lowest BCUT2D eigenvalue weighted by molar-refractivity contribution is -0.139. The van der Waals surface area contributed by atoms with E-state index in [-0.39, 0.29) is 11.2 Å². The molecule has 0 unspecified atom stereocenters. The standard InChI is InChI=1S/C9H6O4/c10-9-6-3-1-2-4-7(6)12-5-8(9)13-11/h1-5,11H. The van der Waals surface area contributed by atoms with Crippen LogP contribution in [0.3, 0.4) is 0 Å². The summed E-state index contributed by atoms with van der Waals surface area (Å²) in [5.74, 6) is -0.210. The zero-order valence-electron chi connectivity index (χ0n) is 6.56. The van der Waals surface area contributed by atoms with Crippen LogP contribution in [0, 0.1) is 0 Å². The fourth-order valence-corrected chi connectivity index (χ4v) is 1.12. The van der Waals surface area contributed by atoms with Crippen molar-refractivity contribution in [2.75, 3.05) is 0 Å². The summed E-state index contributed by atoms with van der Waals surface area (Å²) < 4.78 is 5.03. The number of para-hydroxylation sites is 1. The summed E-state index contributed by atoms with van der Waals surface area (Å²) in [4.78, 5) is 15.3. The lowest BCUT2D eigenvalue weighted by Crippen LogP contribution is -2.04. The molecule has 4 nitrogen and oxygen atoms in total. The van der Waals surface area contributed by atoms with Gasteiger partial charge in [-0.15, -0.1) is 0 Å². The van der Waals surface area contributed by atoms with Gasteiger partial charge in [0.1, 0.15) is 11.8 Å². The van der Waals surface area contributed by atoms with Crippen LogP contribution in [0.5, 0.6) is 5.75 Å². The van der Waals surface area contributed by atoms with Crippen LogP contribution in [0.1, 0.15) is 0 Å². The summed E-state index contributed by atoms with van der Waals surface area (Å²) in [6, 6.07) is 6.73. The van der Waals surface area contributed by atoms with E-state index in [0.717, 1.165) is 6.26 Å². The molecule has 2 aromatic rings. The minimum atomic E-state index is -0.385. The van der Waals surface area contributed by atoms with Crippen molar-refractivity contribution >= 4 is 11.0 Å². The third kappa shape index (κ3) is 1.17. The highest BCUT2D eigenvalue weighted by Crippen LogP contribution is 2.13. The Bertz CT molecular complexity index is 486. The zero-order valence-corrected chi connectivity index (χ0v) is 6.56. The maximum atomic E-state index is 11.4. The maximum absolute atomic E-state index is 11.4. The molecule has 4 heteroatoms. The number of benzene rings is 1. The van der Waals surface area contributed by atoms with Crippen molar-refractivity contribution in [1.29, 1.82) is 0 Å². The van der Waals surface area contributed by atoms with Gasteiger partial charge in [-0.1, -0.05) is 12.1 Å². The van der Waals surface area contributed by atoms with Gasteiger partial charge in [-0.2, -0.15) is 0 Å². The second-order valence-corrected chi connectivity index (χ2v) is 2.52. The van der Waals surface area contributed by atoms with Gasteiger partial charge < -0.3 is 9.30 Å². The third-order valence-electron chi connectivity index (χ3n) is 1.75. The van der Waals surface area contributed by atoms with Gasteiger partial charge in [-0.3, -0.25) is 4.79 Å². The topological polar surface area (TPSA) is 59.7 Å². The lowest BCUT2D eigenvalue weighted by atomic mass is 10.2. The fourth-order valence-electron chi connectivity index (χ4n) is 1.12. The second-order valence-electron chi connectivity index (χ2n) is 2.52. The molecule has 1 N–H and O–H groups in total. The highest BCUT2D eigenvalue weighted by Gasteiger charge is 2.06. The minimum absolute atomic E-state index is 0.210. The van der Waals surface area contributed by atoms with Gasteiger partial charge in [-0.25, -0.2) is 5.26 Å². The van der Waals surface area contributed by atoms with E-state index in [9.17, 15) is 4.79 Å². The molecule has 0 spiro atoms. The van der Waals surface area contributed by atoms with Gasteiger partial charge >= 0.3 is 0 Å². The van der Waals surface area contributed by atoms with Crippen molar-refractivity contribution in [2.45, 2.75) is 0 Å². The molecule has 0 atom stereocenters. The van der Waals surface area contributed by atoms with Crippen molar-refractivity contribution in [1.82, 2.24) is 0 Å². The van der Waals surface area contributed by atoms with Crippen molar-refractivity contribution in [2.24, 2.45) is 0 Å². The highest BCUT2D eigenvalue weighted by atomic mass is 17.1. The molecule has 0 aliphatic rings. The van der Waals surface area contributed by atoms with Crippen molar-refractivity contribution in [3.8, 4) is 5.75 Å². The van der Waals surface area contributed by atoms with Crippen molar-refractivity contribution in [3.63, 3.8) is 0 Å². The van der Waals surface area contributed by atoms with E-state index in [0.29, 0.717) is 11.0 Å². The largest absolute Gasteiger partial charge is 0.460 e. The normalized spacial score (nSPS) is 10.2. The van der Waals surface area contributed by atoms with Crippen LogP contribution in [0.2, 0.25) is 0 Å². The molecular weight excluding hydrogens is 172 g/mol. The van der Waals surface area contributed by atoms with E-state index in [4.69, 9.17) is 9.67 Å². The van der Waals surface area contributed by atoms with Crippen LogP contribution in [-0.2, 0) is 0 Å². The predicted molar refractivity (Wildman–Crippen MR) is 45.7 cm³/mol. The van der Waals surface area contributed by atoms with Crippen molar-refractivity contribution < 1.29 is 14.6 Å². The Labute approximate surface area is 72.9 Å². The molecule has 0 amide bonds. The third-order valence-corrected chi connectivity index (χ3v) is 1.75. The molecule has 0 saturated heterocycles. The first-order valence-corrected chi connectivity index (χ1v) is 3.65. The van der Waals surface area contributed by atoms with Gasteiger partial charge in [-0.05, 0) is 12.1 Å². The Morgan fingerprint density at radius 3 is 2.85 bits per heavy atom. The molecule has 13 heavy (non-hydrogen) atoms. The Morgan fingerprint density at radius 1 is 1.31 bits per heavy atom. The van der Waals surface area contributed by atoms with Crippen LogP contribution >= 0.6 is 0 Å². The average molecular weight is 178 g/mol. The summed E-state index contributed by atoms with van der Waals surface area (Å²) in [6.07, 6.45) is 1.07. The number of fused-ring (bicyclic) bond motifs is 1. The number of rotatable bonds is 1. The van der Waals surface area contributed by atoms with Crippen LogP contribution in [0.15, 0.2) is 39.7 Å². The van der Waals surface area contributed by atoms with E-state index in [1.54, 1.807) is 24.3 Å². The molecule has 2 rings (SSSR count). The molecule has 1 aromatic heterocycles. The van der Waals surface area contributed by atoms with Crippen LogP contribution in [0.4, 0.5) is 0 Å². The van der Waals surface area contributed by atoms with Crippen LogP contribution in [0.25, 0.3) is 11.0 Å². The van der Waals surface area contributed by atoms with Gasteiger partial charge in [0, 0.05) is 0 Å². The van der Waals surface area contributed by atoms with Gasteiger partial charge in [0.25, 0.3) is 0 Å². The summed E-state index contributed by atoms with van der Waals surface area (Å²) in [5, 5.41) is 8.70. The van der Waals surface area contributed by atoms with E-state index in [1.165, 1.54) is 0 Å². The summed E-state index contributed by atoms with van der Waals surface area (Å²) in [7, 11) is 0. The van der Waals surface area contributed by atoms with Gasteiger partial charge in [0.05, 0.1) is 5.39 Å². The molecule has 0 radical (unpaired) electrons. The fraction of sp³-hybridized carbons (Fsp3) is 0. The Balaban J connectivity index is 2.87. The van der Waals surface area contributed by atoms with E-state index >= 15 is 0 Å². The molecule has 0 fully saturated rings. The average Bonchev–Trinajstić information content (AvgIpc) is 2.19. The zero-order chi connectivity index (χ0) is 9.26. The highest BCUT2D eigenvalue weighted by molar-refractivity contribution is 5.77. The predicted octanol–water partition coefficient (Wildman–Crippen LogP) is 1.64.